The Morgan fingerprint density at radius 2 is 1.85 bits per heavy atom. The van der Waals surface area contributed by atoms with Crippen molar-refractivity contribution in [3.05, 3.63) is 53.2 Å². The molecule has 3 atom stereocenters. The number of alkyl halides is 1. The molecule has 1 amide bonds. The van der Waals surface area contributed by atoms with E-state index in [1.54, 1.807) is 4.90 Å². The van der Waals surface area contributed by atoms with Crippen LogP contribution in [-0.4, -0.2) is 96.1 Å². The van der Waals surface area contributed by atoms with E-state index in [0.29, 0.717) is 45.8 Å². The normalized spacial score (nSPS) is 22.1. The second kappa shape index (κ2) is 12.9. The third kappa shape index (κ3) is 6.68. The fourth-order valence-corrected chi connectivity index (χ4v) is 6.96. The van der Waals surface area contributed by atoms with Crippen molar-refractivity contribution in [1.29, 1.82) is 5.26 Å². The van der Waals surface area contributed by atoms with Gasteiger partial charge >= 0.3 is 12.1 Å². The topological polar surface area (TPSA) is 98.1 Å². The van der Waals surface area contributed by atoms with Gasteiger partial charge in [0.15, 0.2) is 0 Å². The Morgan fingerprint density at radius 3 is 2.57 bits per heavy atom. The average molecular weight is 630 g/mol. The van der Waals surface area contributed by atoms with Gasteiger partial charge in [-0.2, -0.15) is 15.2 Å². The smallest absolute Gasteiger partial charge is 0.410 e. The van der Waals surface area contributed by atoms with Crippen LogP contribution in [0.2, 0.25) is 0 Å². The van der Waals surface area contributed by atoms with Crippen molar-refractivity contribution < 1.29 is 18.7 Å². The minimum absolute atomic E-state index is 0.0504. The Morgan fingerprint density at radius 1 is 1.07 bits per heavy atom. The van der Waals surface area contributed by atoms with Crippen molar-refractivity contribution in [2.24, 2.45) is 0 Å². The first-order valence-electron chi connectivity index (χ1n) is 16.2. The van der Waals surface area contributed by atoms with E-state index >= 15 is 0 Å². The Kier molecular flexibility index (Phi) is 8.92. The van der Waals surface area contributed by atoms with Gasteiger partial charge in [-0.25, -0.2) is 9.18 Å². The number of carbonyl (C=O) groups excluding carboxylic acids is 1. The van der Waals surface area contributed by atoms with Gasteiger partial charge in [0.05, 0.1) is 30.8 Å². The van der Waals surface area contributed by atoms with Gasteiger partial charge in [-0.05, 0) is 64.6 Å². The third-order valence-corrected chi connectivity index (χ3v) is 9.23. The van der Waals surface area contributed by atoms with E-state index < -0.39 is 17.9 Å². The molecule has 2 fully saturated rings. The molecule has 2 saturated heterocycles. The van der Waals surface area contributed by atoms with Crippen LogP contribution in [0.5, 0.6) is 6.01 Å². The van der Waals surface area contributed by atoms with Crippen LogP contribution in [-0.2, 0) is 17.7 Å². The Hall–Kier alpha value is -4.17. The number of aromatic nitrogens is 2. The number of halogens is 1. The van der Waals surface area contributed by atoms with Gasteiger partial charge < -0.3 is 24.2 Å². The molecule has 1 aromatic heterocycles. The Bertz CT molecular complexity index is 1630. The van der Waals surface area contributed by atoms with Gasteiger partial charge in [0, 0.05) is 55.4 Å². The second-order valence-electron chi connectivity index (χ2n) is 13.7. The highest BCUT2D eigenvalue weighted by molar-refractivity contribution is 5.97. The maximum Gasteiger partial charge on any atom is 0.410 e. The monoisotopic (exact) mass is 629 g/mol. The van der Waals surface area contributed by atoms with Gasteiger partial charge in [-0.15, -0.1) is 0 Å². The summed E-state index contributed by atoms with van der Waals surface area (Å²) >= 11 is 0. The molecule has 3 aromatic rings. The molecule has 0 bridgehead atoms. The van der Waals surface area contributed by atoms with Crippen molar-refractivity contribution in [1.82, 2.24) is 19.8 Å². The number of rotatable bonds is 6. The lowest BCUT2D eigenvalue weighted by Crippen LogP contribution is -2.56. The molecule has 0 N–H and O–H groups in total. The van der Waals surface area contributed by atoms with E-state index in [9.17, 15) is 14.4 Å². The maximum atomic E-state index is 14.1. The van der Waals surface area contributed by atoms with E-state index in [4.69, 9.17) is 19.4 Å². The van der Waals surface area contributed by atoms with Crippen LogP contribution in [0.3, 0.4) is 0 Å². The fourth-order valence-electron chi connectivity index (χ4n) is 6.96. The molecule has 6 rings (SSSR count). The molecule has 0 radical (unpaired) electrons. The van der Waals surface area contributed by atoms with Gasteiger partial charge in [0.2, 0.25) is 0 Å². The largest absolute Gasteiger partial charge is 0.462 e. The van der Waals surface area contributed by atoms with Crippen LogP contribution in [0.1, 0.15) is 50.4 Å². The molecule has 10 nitrogen and oxygen atoms in total. The second-order valence-corrected chi connectivity index (χ2v) is 13.7. The number of nitriles is 1. The summed E-state index contributed by atoms with van der Waals surface area (Å²) in [5.41, 5.74) is 3.72. The molecule has 0 saturated carbocycles. The number of carbonyl (C=O) groups is 1. The minimum Gasteiger partial charge on any atom is -0.462 e. The van der Waals surface area contributed by atoms with Crippen LogP contribution < -0.4 is 14.5 Å². The summed E-state index contributed by atoms with van der Waals surface area (Å²) in [6.07, 6.45) is 0.0602. The number of hydrogen-bond donors (Lipinski definition) is 0. The number of piperazine rings is 1. The summed E-state index contributed by atoms with van der Waals surface area (Å²) < 4.78 is 26.0. The number of nitrogens with zero attached hydrogens (tertiary/aromatic N) is 7. The predicted molar refractivity (Wildman–Crippen MR) is 176 cm³/mol. The summed E-state index contributed by atoms with van der Waals surface area (Å²) in [6.45, 7) is 11.1. The Balaban J connectivity index is 1.32. The number of amides is 1. The van der Waals surface area contributed by atoms with Crippen molar-refractivity contribution in [3.8, 4) is 12.1 Å². The Labute approximate surface area is 270 Å². The van der Waals surface area contributed by atoms with E-state index in [-0.39, 0.29) is 24.5 Å². The molecule has 3 aliphatic heterocycles. The van der Waals surface area contributed by atoms with Crippen LogP contribution in [0, 0.1) is 18.3 Å². The van der Waals surface area contributed by atoms with Crippen LogP contribution in [0.25, 0.3) is 10.8 Å². The number of aryl methyl sites for hydroxylation is 1. The summed E-state index contributed by atoms with van der Waals surface area (Å²) in [4.78, 5) is 31.1. The summed E-state index contributed by atoms with van der Waals surface area (Å²) in [6, 6.07) is 14.9. The highest BCUT2D eigenvalue weighted by atomic mass is 19.1. The quantitative estimate of drug-likeness (QED) is 0.362. The van der Waals surface area contributed by atoms with Crippen LogP contribution >= 0.6 is 0 Å². The van der Waals surface area contributed by atoms with Gasteiger partial charge in [-0.3, -0.25) is 4.90 Å². The van der Waals surface area contributed by atoms with E-state index in [1.807, 2.05) is 32.7 Å². The zero-order chi connectivity index (χ0) is 32.6. The summed E-state index contributed by atoms with van der Waals surface area (Å²) in [5.74, 6) is 0.781. The van der Waals surface area contributed by atoms with E-state index in [0.717, 1.165) is 30.0 Å². The fraction of sp³-hybridized carbons (Fsp3) is 0.543. The highest BCUT2D eigenvalue weighted by Crippen LogP contribution is 2.36. The third-order valence-electron chi connectivity index (χ3n) is 9.23. The molecular formula is C35H44FN7O3. The van der Waals surface area contributed by atoms with Gasteiger partial charge in [0.1, 0.15) is 24.2 Å². The highest BCUT2D eigenvalue weighted by Gasteiger charge is 2.36. The number of fused-ring (bicyclic) bond motifs is 2. The maximum absolute atomic E-state index is 14.1. The van der Waals surface area contributed by atoms with Gasteiger partial charge in [0.25, 0.3) is 0 Å². The zero-order valence-electron chi connectivity index (χ0n) is 27.5. The lowest BCUT2D eigenvalue weighted by Gasteiger charge is -2.42. The zero-order valence-corrected chi connectivity index (χ0v) is 27.5. The number of anilines is 2. The lowest BCUT2D eigenvalue weighted by molar-refractivity contribution is 0.0144. The first-order chi connectivity index (χ1) is 22.0. The van der Waals surface area contributed by atoms with Crippen LogP contribution in [0.15, 0.2) is 36.4 Å². The molecule has 0 spiro atoms. The molecule has 4 heterocycles. The number of hydrogen-bond acceptors (Lipinski definition) is 9. The van der Waals surface area contributed by atoms with E-state index in [2.05, 4.69) is 59.2 Å². The first-order valence-corrected chi connectivity index (χ1v) is 16.2. The molecule has 3 aliphatic rings. The minimum atomic E-state index is -0.866. The lowest BCUT2D eigenvalue weighted by atomic mass is 9.99. The molecule has 244 valence electrons. The first kappa shape index (κ1) is 31.8. The summed E-state index contributed by atoms with van der Waals surface area (Å²) in [5, 5.41) is 12.1. The number of benzene rings is 2. The molecule has 0 unspecified atom stereocenters. The van der Waals surface area contributed by atoms with Crippen LogP contribution in [0.4, 0.5) is 20.7 Å². The molecule has 46 heavy (non-hydrogen) atoms. The van der Waals surface area contributed by atoms with E-state index in [1.165, 1.54) is 22.0 Å². The average Bonchev–Trinajstić information content (AvgIpc) is 3.34. The molecule has 11 heteroatoms. The molecule has 0 aliphatic carbocycles. The number of likely N-dealkylation sites (N-methyl/N-ethyl adjacent to an activating group) is 1. The standard InChI is InChI=1S/C35H44FN7O3/c1-23-8-6-9-24-10-7-11-30(31(23)24)41-15-13-28-29(21-41)38-33(45-22-27-18-25(36)19-40(27)5)39-32(28)42-16-17-43(26(20-42)12-14-37)34(44)46-35(2,3)4/h6-11,25-27H,12-13,15-22H2,1-5H3/t25-,26+,27+/m1/s1. The van der Waals surface area contributed by atoms with Crippen molar-refractivity contribution in [3.63, 3.8) is 0 Å². The predicted octanol–water partition coefficient (Wildman–Crippen LogP) is 5.26. The number of ether oxygens (including phenoxy) is 2. The molecule has 2 aromatic carbocycles. The van der Waals surface area contributed by atoms with Crippen molar-refractivity contribution in [2.45, 2.75) is 77.4 Å². The van der Waals surface area contributed by atoms with Gasteiger partial charge in [-0.1, -0.05) is 30.3 Å². The number of likely N-dealkylation sites (tertiary alicyclic amines) is 1. The van der Waals surface area contributed by atoms with Crippen molar-refractivity contribution >= 4 is 28.4 Å². The SMILES string of the molecule is Cc1cccc2cccc(N3CCc4c(nc(OC[C@@H]5C[C@@H](F)CN5C)nc4N4CCN(C(=O)OC(C)(C)C)[C@@H](CC#N)C4)C3)c12. The summed E-state index contributed by atoms with van der Waals surface area (Å²) in [7, 11) is 1.91. The molecular weight excluding hydrogens is 585 g/mol. The van der Waals surface area contributed by atoms with Crippen molar-refractivity contribution in [2.75, 3.05) is 56.2 Å².